The summed E-state index contributed by atoms with van der Waals surface area (Å²) in [5.74, 6) is 2.33. The van der Waals surface area contributed by atoms with E-state index < -0.39 is 0 Å². The molecule has 1 saturated carbocycles. The monoisotopic (exact) mass is 306 g/mol. The minimum atomic E-state index is 0.559. The van der Waals surface area contributed by atoms with Gasteiger partial charge in [0.25, 0.3) is 0 Å². The Morgan fingerprint density at radius 2 is 2.06 bits per heavy atom. The molecular formula is C13H15BrN4. The Morgan fingerprint density at radius 1 is 1.28 bits per heavy atom. The summed E-state index contributed by atoms with van der Waals surface area (Å²) in [7, 11) is 0. The fraction of sp³-hybridized carbons (Fsp3) is 0.385. The minimum absolute atomic E-state index is 0.559. The van der Waals surface area contributed by atoms with Crippen molar-refractivity contribution < 1.29 is 0 Å². The molecule has 0 unspecified atom stereocenters. The Bertz CT molecular complexity index is 558. The second-order valence-electron chi connectivity index (χ2n) is 4.76. The second kappa shape index (κ2) is 4.72. The van der Waals surface area contributed by atoms with E-state index in [1.165, 1.54) is 25.7 Å². The molecule has 0 amide bonds. The third-order valence-corrected chi connectivity index (χ3v) is 4.19. The number of aromatic nitrogens is 3. The summed E-state index contributed by atoms with van der Waals surface area (Å²) in [5.41, 5.74) is 7.49. The number of nitrogens with one attached hydrogen (secondary N) is 1. The summed E-state index contributed by atoms with van der Waals surface area (Å²) >= 11 is 3.43. The second-order valence-corrected chi connectivity index (χ2v) is 5.62. The molecule has 3 rings (SSSR count). The van der Waals surface area contributed by atoms with Gasteiger partial charge in [0.2, 0.25) is 0 Å². The van der Waals surface area contributed by atoms with Crippen molar-refractivity contribution in [2.75, 3.05) is 5.73 Å². The van der Waals surface area contributed by atoms with Crippen LogP contribution in [0.3, 0.4) is 0 Å². The predicted octanol–water partition coefficient (Wildman–Crippen LogP) is 3.47. The number of anilines is 1. The molecular weight excluding hydrogens is 292 g/mol. The topological polar surface area (TPSA) is 67.6 Å². The maximum Gasteiger partial charge on any atom is 0.181 e. The molecule has 0 radical (unpaired) electrons. The Balaban J connectivity index is 1.89. The summed E-state index contributed by atoms with van der Waals surface area (Å²) in [6, 6.07) is 5.77. The standard InChI is InChI=1S/C13H15BrN4/c14-10-7-9(5-6-11(10)15)13-16-12(17-18-13)8-3-1-2-4-8/h5-8H,1-4,15H2,(H,16,17,18). The van der Waals surface area contributed by atoms with Gasteiger partial charge in [-0.15, -0.1) is 0 Å². The molecule has 18 heavy (non-hydrogen) atoms. The first-order valence-corrected chi connectivity index (χ1v) is 7.01. The van der Waals surface area contributed by atoms with Crippen LogP contribution in [0.2, 0.25) is 0 Å². The zero-order valence-electron chi connectivity index (χ0n) is 9.99. The highest BCUT2D eigenvalue weighted by Crippen LogP contribution is 2.33. The number of H-pyrrole nitrogens is 1. The van der Waals surface area contributed by atoms with Crippen LogP contribution in [-0.4, -0.2) is 15.2 Å². The average Bonchev–Trinajstić information content (AvgIpc) is 3.01. The van der Waals surface area contributed by atoms with Crippen molar-refractivity contribution in [1.82, 2.24) is 15.2 Å². The van der Waals surface area contributed by atoms with E-state index in [-0.39, 0.29) is 0 Å². The first-order valence-electron chi connectivity index (χ1n) is 6.22. The van der Waals surface area contributed by atoms with Crippen molar-refractivity contribution >= 4 is 21.6 Å². The molecule has 1 fully saturated rings. The molecule has 0 spiro atoms. The van der Waals surface area contributed by atoms with Crippen molar-refractivity contribution in [3.8, 4) is 11.4 Å². The van der Waals surface area contributed by atoms with Gasteiger partial charge in [-0.1, -0.05) is 12.8 Å². The molecule has 1 aliphatic rings. The number of nitrogens with zero attached hydrogens (tertiary/aromatic N) is 2. The molecule has 4 nitrogen and oxygen atoms in total. The number of halogens is 1. The van der Waals surface area contributed by atoms with Crippen molar-refractivity contribution in [3.63, 3.8) is 0 Å². The number of aromatic amines is 1. The Kier molecular flexibility index (Phi) is 3.07. The van der Waals surface area contributed by atoms with E-state index in [1.54, 1.807) is 0 Å². The van der Waals surface area contributed by atoms with Crippen LogP contribution < -0.4 is 5.73 Å². The third kappa shape index (κ3) is 2.14. The highest BCUT2D eigenvalue weighted by atomic mass is 79.9. The van der Waals surface area contributed by atoms with Crippen LogP contribution in [0.4, 0.5) is 5.69 Å². The normalized spacial score (nSPS) is 16.3. The van der Waals surface area contributed by atoms with Gasteiger partial charge < -0.3 is 5.73 Å². The van der Waals surface area contributed by atoms with Crippen LogP contribution in [0.5, 0.6) is 0 Å². The zero-order valence-corrected chi connectivity index (χ0v) is 11.6. The fourth-order valence-electron chi connectivity index (χ4n) is 2.45. The largest absolute Gasteiger partial charge is 0.398 e. The zero-order chi connectivity index (χ0) is 12.5. The molecule has 2 aromatic rings. The smallest absolute Gasteiger partial charge is 0.181 e. The van der Waals surface area contributed by atoms with Crippen LogP contribution in [0.15, 0.2) is 22.7 Å². The van der Waals surface area contributed by atoms with Crippen LogP contribution in [0.25, 0.3) is 11.4 Å². The maximum absolute atomic E-state index is 5.78. The average molecular weight is 307 g/mol. The lowest BCUT2D eigenvalue weighted by Gasteiger charge is -2.02. The van der Waals surface area contributed by atoms with Crippen molar-refractivity contribution in [2.24, 2.45) is 0 Å². The van der Waals surface area contributed by atoms with Crippen LogP contribution in [-0.2, 0) is 0 Å². The van der Waals surface area contributed by atoms with Gasteiger partial charge in [-0.05, 0) is 47.0 Å². The van der Waals surface area contributed by atoms with Gasteiger partial charge in [0, 0.05) is 21.6 Å². The third-order valence-electron chi connectivity index (χ3n) is 3.50. The number of benzene rings is 1. The fourth-order valence-corrected chi connectivity index (χ4v) is 2.83. The molecule has 0 aliphatic heterocycles. The van der Waals surface area contributed by atoms with Gasteiger partial charge in [0.15, 0.2) is 5.82 Å². The maximum atomic E-state index is 5.78. The van der Waals surface area contributed by atoms with Gasteiger partial charge in [-0.25, -0.2) is 4.98 Å². The van der Waals surface area contributed by atoms with Crippen LogP contribution >= 0.6 is 15.9 Å². The molecule has 1 aromatic heterocycles. The van der Waals surface area contributed by atoms with Gasteiger partial charge >= 0.3 is 0 Å². The molecule has 5 heteroatoms. The van der Waals surface area contributed by atoms with Crippen molar-refractivity contribution in [2.45, 2.75) is 31.6 Å². The first-order chi connectivity index (χ1) is 8.74. The summed E-state index contributed by atoms with van der Waals surface area (Å²) in [5, 5.41) is 7.38. The van der Waals surface area contributed by atoms with E-state index in [2.05, 4.69) is 31.1 Å². The number of nitrogen functional groups attached to an aromatic ring is 1. The SMILES string of the molecule is Nc1ccc(-c2n[nH]c(C3CCCC3)n2)cc1Br. The minimum Gasteiger partial charge on any atom is -0.398 e. The Labute approximate surface area is 114 Å². The molecule has 94 valence electrons. The number of nitrogens with two attached hydrogens (primary N) is 1. The highest BCUT2D eigenvalue weighted by molar-refractivity contribution is 9.10. The van der Waals surface area contributed by atoms with Crippen LogP contribution in [0.1, 0.15) is 37.4 Å². The van der Waals surface area contributed by atoms with E-state index in [0.717, 1.165) is 27.4 Å². The van der Waals surface area contributed by atoms with Gasteiger partial charge in [-0.2, -0.15) is 5.10 Å². The van der Waals surface area contributed by atoms with E-state index in [4.69, 9.17) is 5.73 Å². The van der Waals surface area contributed by atoms with Crippen molar-refractivity contribution in [3.05, 3.63) is 28.5 Å². The highest BCUT2D eigenvalue weighted by Gasteiger charge is 2.20. The molecule has 3 N–H and O–H groups in total. The predicted molar refractivity (Wildman–Crippen MR) is 75.1 cm³/mol. The number of rotatable bonds is 2. The molecule has 0 bridgehead atoms. The van der Waals surface area contributed by atoms with Crippen molar-refractivity contribution in [1.29, 1.82) is 0 Å². The van der Waals surface area contributed by atoms with Crippen LogP contribution in [0, 0.1) is 0 Å². The Morgan fingerprint density at radius 3 is 2.78 bits per heavy atom. The van der Waals surface area contributed by atoms with E-state index in [9.17, 15) is 0 Å². The number of hydrogen-bond acceptors (Lipinski definition) is 3. The first kappa shape index (κ1) is 11.7. The lowest BCUT2D eigenvalue weighted by Crippen LogP contribution is -1.94. The van der Waals surface area contributed by atoms with E-state index in [0.29, 0.717) is 5.92 Å². The molecule has 1 aromatic carbocycles. The lowest BCUT2D eigenvalue weighted by molar-refractivity contribution is 0.672. The van der Waals surface area contributed by atoms with Gasteiger partial charge in [0.1, 0.15) is 5.82 Å². The molecule has 0 saturated heterocycles. The summed E-state index contributed by atoms with van der Waals surface area (Å²) < 4.78 is 0.882. The lowest BCUT2D eigenvalue weighted by atomic mass is 10.1. The van der Waals surface area contributed by atoms with Gasteiger partial charge in [-0.3, -0.25) is 5.10 Å². The molecule has 1 heterocycles. The summed E-state index contributed by atoms with van der Waals surface area (Å²) in [6.45, 7) is 0. The molecule has 0 atom stereocenters. The van der Waals surface area contributed by atoms with Gasteiger partial charge in [0.05, 0.1) is 0 Å². The summed E-state index contributed by atoms with van der Waals surface area (Å²) in [6.07, 6.45) is 5.04. The van der Waals surface area contributed by atoms with E-state index >= 15 is 0 Å². The quantitative estimate of drug-likeness (QED) is 0.835. The summed E-state index contributed by atoms with van der Waals surface area (Å²) in [4.78, 5) is 4.60. The molecule has 1 aliphatic carbocycles. The number of hydrogen-bond donors (Lipinski definition) is 2. The van der Waals surface area contributed by atoms with E-state index in [1.807, 2.05) is 18.2 Å². The Hall–Kier alpha value is -1.36.